The van der Waals surface area contributed by atoms with Gasteiger partial charge < -0.3 is 21.0 Å². The molecule has 0 saturated carbocycles. The summed E-state index contributed by atoms with van der Waals surface area (Å²) in [6.07, 6.45) is 0.139. The lowest BCUT2D eigenvalue weighted by Gasteiger charge is -2.10. The monoisotopic (exact) mass is 273 g/mol. The van der Waals surface area contributed by atoms with Gasteiger partial charge in [-0.1, -0.05) is 17.3 Å². The Morgan fingerprint density at radius 3 is 2.79 bits per heavy atom. The predicted molar refractivity (Wildman–Crippen MR) is 63.4 cm³/mol. The molecule has 0 aliphatic carbocycles. The number of nitrogens with one attached hydrogen (secondary N) is 1. The number of ether oxygens (including phenoxy) is 1. The molecule has 0 atom stereocenters. The number of oxime groups is 1. The van der Waals surface area contributed by atoms with Crippen LogP contribution in [0.1, 0.15) is 16.8 Å². The molecule has 1 aromatic carbocycles. The zero-order valence-corrected chi connectivity index (χ0v) is 9.85. The summed E-state index contributed by atoms with van der Waals surface area (Å²) in [5, 5.41) is 13.5. The number of benzene rings is 1. The van der Waals surface area contributed by atoms with Crippen LogP contribution in [0.15, 0.2) is 29.4 Å². The van der Waals surface area contributed by atoms with Crippen molar-refractivity contribution in [2.24, 2.45) is 10.9 Å². The van der Waals surface area contributed by atoms with Gasteiger partial charge in [-0.2, -0.15) is 8.78 Å². The summed E-state index contributed by atoms with van der Waals surface area (Å²) >= 11 is 0. The Bertz CT molecular complexity index is 466. The first-order valence-corrected chi connectivity index (χ1v) is 5.33. The molecule has 4 N–H and O–H groups in total. The number of nitrogens with two attached hydrogens (primary N) is 1. The molecule has 0 aliphatic rings. The molecule has 0 saturated heterocycles. The molecule has 0 spiro atoms. The van der Waals surface area contributed by atoms with E-state index in [2.05, 4.69) is 15.2 Å². The van der Waals surface area contributed by atoms with Gasteiger partial charge in [-0.05, 0) is 12.1 Å². The molecular weight excluding hydrogens is 260 g/mol. The topological polar surface area (TPSA) is 96.9 Å². The summed E-state index contributed by atoms with van der Waals surface area (Å²) in [5.41, 5.74) is 5.21. The first-order valence-electron chi connectivity index (χ1n) is 5.33. The lowest BCUT2D eigenvalue weighted by Crippen LogP contribution is -2.28. The van der Waals surface area contributed by atoms with Gasteiger partial charge in [0.2, 0.25) is 0 Å². The number of amides is 1. The Kier molecular flexibility index (Phi) is 5.52. The van der Waals surface area contributed by atoms with E-state index in [0.717, 1.165) is 0 Å². The number of alkyl halides is 2. The summed E-state index contributed by atoms with van der Waals surface area (Å²) < 4.78 is 28.5. The fourth-order valence-corrected chi connectivity index (χ4v) is 1.30. The van der Waals surface area contributed by atoms with Crippen LogP contribution in [-0.4, -0.2) is 30.1 Å². The van der Waals surface area contributed by atoms with Crippen molar-refractivity contribution in [3.8, 4) is 5.75 Å². The van der Waals surface area contributed by atoms with E-state index in [0.29, 0.717) is 0 Å². The minimum atomic E-state index is -3.01. The molecule has 8 heteroatoms. The number of amidine groups is 1. The number of halogens is 2. The highest BCUT2D eigenvalue weighted by Crippen LogP contribution is 2.19. The highest BCUT2D eigenvalue weighted by Gasteiger charge is 2.14. The predicted octanol–water partition coefficient (Wildman–Crippen LogP) is 1.15. The molecule has 0 radical (unpaired) electrons. The van der Waals surface area contributed by atoms with Crippen LogP contribution in [0.4, 0.5) is 8.78 Å². The van der Waals surface area contributed by atoms with Crippen molar-refractivity contribution in [3.05, 3.63) is 29.8 Å². The Labute approximate surface area is 107 Å². The molecule has 1 aromatic rings. The lowest BCUT2D eigenvalue weighted by atomic mass is 10.2. The van der Waals surface area contributed by atoms with Crippen molar-refractivity contribution in [2.45, 2.75) is 13.0 Å². The average molecular weight is 273 g/mol. The van der Waals surface area contributed by atoms with Crippen molar-refractivity contribution in [3.63, 3.8) is 0 Å². The Morgan fingerprint density at radius 1 is 1.47 bits per heavy atom. The normalized spacial score (nSPS) is 11.4. The molecule has 19 heavy (non-hydrogen) atoms. The minimum Gasteiger partial charge on any atom is -0.434 e. The van der Waals surface area contributed by atoms with Crippen LogP contribution in [0.25, 0.3) is 0 Å². The Balaban J connectivity index is 2.66. The maximum atomic E-state index is 12.2. The van der Waals surface area contributed by atoms with Gasteiger partial charge in [0.05, 0.1) is 5.56 Å². The SMILES string of the molecule is NC(CCNC(=O)c1ccccc1OC(F)F)=NO. The minimum absolute atomic E-state index is 0.0118. The summed E-state index contributed by atoms with van der Waals surface area (Å²) in [7, 11) is 0. The summed E-state index contributed by atoms with van der Waals surface area (Å²) in [4.78, 5) is 11.7. The van der Waals surface area contributed by atoms with Gasteiger partial charge in [-0.25, -0.2) is 0 Å². The van der Waals surface area contributed by atoms with Crippen LogP contribution in [0.2, 0.25) is 0 Å². The maximum absolute atomic E-state index is 12.2. The van der Waals surface area contributed by atoms with Crippen LogP contribution in [0.5, 0.6) is 5.75 Å². The van der Waals surface area contributed by atoms with Crippen molar-refractivity contribution in [1.82, 2.24) is 5.32 Å². The zero-order chi connectivity index (χ0) is 14.3. The van der Waals surface area contributed by atoms with E-state index in [4.69, 9.17) is 10.9 Å². The fourth-order valence-electron chi connectivity index (χ4n) is 1.30. The maximum Gasteiger partial charge on any atom is 0.387 e. The van der Waals surface area contributed by atoms with E-state index in [1.165, 1.54) is 24.3 Å². The zero-order valence-electron chi connectivity index (χ0n) is 9.85. The van der Waals surface area contributed by atoms with E-state index < -0.39 is 12.5 Å². The van der Waals surface area contributed by atoms with E-state index >= 15 is 0 Å². The highest BCUT2D eigenvalue weighted by atomic mass is 19.3. The van der Waals surface area contributed by atoms with E-state index in [1.54, 1.807) is 0 Å². The van der Waals surface area contributed by atoms with Crippen LogP contribution >= 0.6 is 0 Å². The number of nitrogens with zero attached hydrogens (tertiary/aromatic N) is 1. The number of carbonyl (C=O) groups excluding carboxylic acids is 1. The number of carbonyl (C=O) groups is 1. The quantitative estimate of drug-likeness (QED) is 0.313. The van der Waals surface area contributed by atoms with Crippen molar-refractivity contribution >= 4 is 11.7 Å². The fraction of sp³-hybridized carbons (Fsp3) is 0.273. The van der Waals surface area contributed by atoms with Crippen molar-refractivity contribution < 1.29 is 23.5 Å². The second-order valence-corrected chi connectivity index (χ2v) is 3.47. The third-order valence-electron chi connectivity index (χ3n) is 2.14. The van der Waals surface area contributed by atoms with Gasteiger partial charge in [0.15, 0.2) is 0 Å². The van der Waals surface area contributed by atoms with Gasteiger partial charge in [-0.3, -0.25) is 4.79 Å². The Hall–Kier alpha value is -2.38. The van der Waals surface area contributed by atoms with Gasteiger partial charge in [0, 0.05) is 13.0 Å². The second-order valence-electron chi connectivity index (χ2n) is 3.47. The smallest absolute Gasteiger partial charge is 0.387 e. The first-order chi connectivity index (χ1) is 9.04. The molecule has 0 fully saturated rings. The molecular formula is C11H13F2N3O3. The summed E-state index contributed by atoms with van der Waals surface area (Å²) in [6.45, 7) is -2.90. The lowest BCUT2D eigenvalue weighted by molar-refractivity contribution is -0.0501. The molecule has 0 aliphatic heterocycles. The molecule has 0 aromatic heterocycles. The number of para-hydroxylation sites is 1. The molecule has 0 bridgehead atoms. The second kappa shape index (κ2) is 7.14. The van der Waals surface area contributed by atoms with Gasteiger partial charge in [0.1, 0.15) is 11.6 Å². The van der Waals surface area contributed by atoms with Gasteiger partial charge in [0.25, 0.3) is 5.91 Å². The van der Waals surface area contributed by atoms with Crippen LogP contribution in [0.3, 0.4) is 0 Å². The average Bonchev–Trinajstić information content (AvgIpc) is 2.38. The Morgan fingerprint density at radius 2 is 2.16 bits per heavy atom. The third-order valence-corrected chi connectivity index (χ3v) is 2.14. The molecule has 0 unspecified atom stereocenters. The van der Waals surface area contributed by atoms with Gasteiger partial charge in [-0.15, -0.1) is 0 Å². The molecule has 1 amide bonds. The highest BCUT2D eigenvalue weighted by molar-refractivity contribution is 5.97. The third kappa shape index (κ3) is 4.78. The van der Waals surface area contributed by atoms with E-state index in [-0.39, 0.29) is 30.1 Å². The largest absolute Gasteiger partial charge is 0.434 e. The summed E-state index contributed by atoms with van der Waals surface area (Å²) in [6, 6.07) is 5.63. The van der Waals surface area contributed by atoms with Crippen LogP contribution in [-0.2, 0) is 0 Å². The number of hydrogen-bond donors (Lipinski definition) is 3. The van der Waals surface area contributed by atoms with Crippen LogP contribution in [0, 0.1) is 0 Å². The molecule has 0 heterocycles. The summed E-state index contributed by atoms with van der Waals surface area (Å²) in [5.74, 6) is -0.835. The number of rotatable bonds is 6. The standard InChI is InChI=1S/C11H13F2N3O3/c12-11(13)19-8-4-2-1-3-7(8)10(17)15-6-5-9(14)16-18/h1-4,11,18H,5-6H2,(H2,14,16)(H,15,17). The number of hydrogen-bond acceptors (Lipinski definition) is 4. The first kappa shape index (κ1) is 14.7. The molecule has 6 nitrogen and oxygen atoms in total. The van der Waals surface area contributed by atoms with E-state index in [1.807, 2.05) is 0 Å². The van der Waals surface area contributed by atoms with Crippen molar-refractivity contribution in [1.29, 1.82) is 0 Å². The van der Waals surface area contributed by atoms with E-state index in [9.17, 15) is 13.6 Å². The molecule has 1 rings (SSSR count). The molecule has 104 valence electrons. The van der Waals surface area contributed by atoms with Crippen molar-refractivity contribution in [2.75, 3.05) is 6.54 Å². The van der Waals surface area contributed by atoms with Crippen LogP contribution < -0.4 is 15.8 Å². The van der Waals surface area contributed by atoms with Gasteiger partial charge >= 0.3 is 6.61 Å².